The molecule has 0 saturated heterocycles. The Bertz CT molecular complexity index is 832. The monoisotopic (exact) mass is 567 g/mol. The molecule has 0 aliphatic carbocycles. The van der Waals surface area contributed by atoms with E-state index in [2.05, 4.69) is 35.9 Å². The number of nitrogens with one attached hydrogen (secondary N) is 2. The van der Waals surface area contributed by atoms with Crippen LogP contribution in [-0.2, 0) is 16.6 Å². The Morgan fingerprint density at radius 1 is 1.22 bits per heavy atom. The third-order valence-electron chi connectivity index (χ3n) is 3.55. The van der Waals surface area contributed by atoms with Gasteiger partial charge in [0.1, 0.15) is 4.90 Å². The highest BCUT2D eigenvalue weighted by molar-refractivity contribution is 14.0. The van der Waals surface area contributed by atoms with E-state index in [9.17, 15) is 8.42 Å². The predicted octanol–water partition coefficient (Wildman–Crippen LogP) is 2.45. The number of aromatic nitrogens is 1. The summed E-state index contributed by atoms with van der Waals surface area (Å²) < 4.78 is 27.8. The van der Waals surface area contributed by atoms with E-state index in [-0.39, 0.29) is 35.4 Å². The highest BCUT2D eigenvalue weighted by atomic mass is 127. The van der Waals surface area contributed by atoms with Crippen LogP contribution in [0.3, 0.4) is 0 Å². The highest BCUT2D eigenvalue weighted by Crippen LogP contribution is 2.11. The van der Waals surface area contributed by atoms with Crippen molar-refractivity contribution >= 4 is 55.9 Å². The maximum atomic E-state index is 12.1. The fraction of sp³-hybridized carbons (Fsp3) is 0.294. The number of pyridine rings is 1. The van der Waals surface area contributed by atoms with Crippen LogP contribution in [0.25, 0.3) is 0 Å². The van der Waals surface area contributed by atoms with Crippen molar-refractivity contribution in [2.75, 3.05) is 27.2 Å². The predicted molar refractivity (Wildman–Crippen MR) is 122 cm³/mol. The molecule has 1 heterocycles. The first-order chi connectivity index (χ1) is 12.4. The van der Waals surface area contributed by atoms with Gasteiger partial charge in [-0.25, -0.2) is 13.1 Å². The molecule has 2 aromatic rings. The quantitative estimate of drug-likeness (QED) is 0.232. The van der Waals surface area contributed by atoms with Gasteiger partial charge in [-0.1, -0.05) is 28.1 Å². The Balaban J connectivity index is 0.00000364. The fourth-order valence-corrected chi connectivity index (χ4v) is 3.53. The molecule has 0 saturated carbocycles. The second-order valence-electron chi connectivity index (χ2n) is 5.54. The van der Waals surface area contributed by atoms with Crippen molar-refractivity contribution in [2.45, 2.75) is 11.4 Å². The second-order valence-corrected chi connectivity index (χ2v) is 8.23. The topological polar surface area (TPSA) is 86.7 Å². The van der Waals surface area contributed by atoms with E-state index < -0.39 is 10.0 Å². The van der Waals surface area contributed by atoms with Crippen LogP contribution in [0.2, 0.25) is 0 Å². The smallest absolute Gasteiger partial charge is 0.242 e. The molecule has 0 fully saturated rings. The SMILES string of the molecule is CN=C(NCCNS(=O)(=O)c1cccnc1)N(C)Cc1ccc(Br)cc1.I. The molecule has 2 N–H and O–H groups in total. The third kappa shape index (κ3) is 7.72. The second kappa shape index (κ2) is 11.6. The van der Waals surface area contributed by atoms with E-state index in [4.69, 9.17) is 0 Å². The molecule has 0 aliphatic rings. The summed E-state index contributed by atoms with van der Waals surface area (Å²) in [7, 11) is 0.0742. The molecule has 10 heteroatoms. The molecular formula is C17H23BrIN5O2S. The number of sulfonamides is 1. The minimum absolute atomic E-state index is 0. The minimum atomic E-state index is -3.55. The highest BCUT2D eigenvalue weighted by Gasteiger charge is 2.13. The number of benzene rings is 1. The lowest BCUT2D eigenvalue weighted by Gasteiger charge is -2.22. The lowest BCUT2D eigenvalue weighted by Crippen LogP contribution is -2.42. The molecule has 0 radical (unpaired) electrons. The fourth-order valence-electron chi connectivity index (χ4n) is 2.27. The van der Waals surface area contributed by atoms with E-state index in [1.54, 1.807) is 13.1 Å². The summed E-state index contributed by atoms with van der Waals surface area (Å²) in [5, 5.41) is 3.15. The van der Waals surface area contributed by atoms with Gasteiger partial charge in [0.15, 0.2) is 5.96 Å². The summed E-state index contributed by atoms with van der Waals surface area (Å²) in [6.07, 6.45) is 2.85. The summed E-state index contributed by atoms with van der Waals surface area (Å²) in [5.74, 6) is 0.688. The molecule has 1 aromatic carbocycles. The van der Waals surface area contributed by atoms with Crippen molar-refractivity contribution < 1.29 is 8.42 Å². The van der Waals surface area contributed by atoms with Crippen molar-refractivity contribution in [3.05, 3.63) is 58.8 Å². The summed E-state index contributed by atoms with van der Waals surface area (Å²) >= 11 is 3.42. The first-order valence-electron chi connectivity index (χ1n) is 7.98. The average Bonchev–Trinajstić information content (AvgIpc) is 2.64. The van der Waals surface area contributed by atoms with Gasteiger partial charge in [-0.15, -0.1) is 24.0 Å². The molecule has 0 aliphatic heterocycles. The Morgan fingerprint density at radius 2 is 1.93 bits per heavy atom. The van der Waals surface area contributed by atoms with Gasteiger partial charge < -0.3 is 10.2 Å². The van der Waals surface area contributed by atoms with Gasteiger partial charge in [-0.2, -0.15) is 0 Å². The van der Waals surface area contributed by atoms with Crippen LogP contribution in [0.15, 0.2) is 63.2 Å². The summed E-state index contributed by atoms with van der Waals surface area (Å²) in [5.41, 5.74) is 1.15. The molecule has 0 atom stereocenters. The molecule has 7 nitrogen and oxygen atoms in total. The Morgan fingerprint density at radius 3 is 2.52 bits per heavy atom. The van der Waals surface area contributed by atoms with Crippen molar-refractivity contribution in [2.24, 2.45) is 4.99 Å². The first kappa shape index (κ1) is 23.8. The number of nitrogens with zero attached hydrogens (tertiary/aromatic N) is 3. The van der Waals surface area contributed by atoms with Crippen molar-refractivity contribution in [3.8, 4) is 0 Å². The maximum Gasteiger partial charge on any atom is 0.242 e. The summed E-state index contributed by atoms with van der Waals surface area (Å²) in [4.78, 5) is 10.2. The number of rotatable bonds is 7. The van der Waals surface area contributed by atoms with Crippen molar-refractivity contribution in [1.29, 1.82) is 0 Å². The standard InChI is InChI=1S/C17H22BrN5O2S.HI/c1-19-17(23(2)13-14-5-7-15(18)8-6-14)21-10-11-22-26(24,25)16-4-3-9-20-12-16;/h3-9,12,22H,10-11,13H2,1-2H3,(H,19,21);1H. The number of hydrogen-bond acceptors (Lipinski definition) is 4. The Hall–Kier alpha value is -1.24. The van der Waals surface area contributed by atoms with Crippen LogP contribution in [0.5, 0.6) is 0 Å². The minimum Gasteiger partial charge on any atom is -0.355 e. The number of halogens is 2. The van der Waals surface area contributed by atoms with Gasteiger partial charge in [0.05, 0.1) is 0 Å². The molecule has 0 unspecified atom stereocenters. The van der Waals surface area contributed by atoms with Gasteiger partial charge in [0, 0.05) is 50.6 Å². The third-order valence-corrected chi connectivity index (χ3v) is 5.53. The van der Waals surface area contributed by atoms with Crippen molar-refractivity contribution in [3.63, 3.8) is 0 Å². The molecule has 0 bridgehead atoms. The van der Waals surface area contributed by atoms with E-state index in [1.165, 1.54) is 18.5 Å². The summed E-state index contributed by atoms with van der Waals surface area (Å²) in [6, 6.07) is 11.2. The molecule has 0 spiro atoms. The number of guanidine groups is 1. The van der Waals surface area contributed by atoms with Gasteiger partial charge in [-0.3, -0.25) is 9.98 Å². The summed E-state index contributed by atoms with van der Waals surface area (Å²) in [6.45, 7) is 1.34. The van der Waals surface area contributed by atoms with Gasteiger partial charge in [0.2, 0.25) is 10.0 Å². The molecule has 2 rings (SSSR count). The van der Waals surface area contributed by atoms with E-state index >= 15 is 0 Å². The van der Waals surface area contributed by atoms with Crippen LogP contribution >= 0.6 is 39.9 Å². The van der Waals surface area contributed by atoms with E-state index in [0.717, 1.165) is 10.0 Å². The van der Waals surface area contributed by atoms with Crippen LogP contribution in [-0.4, -0.2) is 51.4 Å². The molecular weight excluding hydrogens is 545 g/mol. The van der Waals surface area contributed by atoms with Gasteiger partial charge >= 0.3 is 0 Å². The first-order valence-corrected chi connectivity index (χ1v) is 10.3. The zero-order valence-electron chi connectivity index (χ0n) is 15.1. The zero-order chi connectivity index (χ0) is 19.0. The van der Waals surface area contributed by atoms with Gasteiger partial charge in [0.25, 0.3) is 0 Å². The molecule has 148 valence electrons. The average molecular weight is 568 g/mol. The van der Waals surface area contributed by atoms with E-state index in [1.807, 2.05) is 36.2 Å². The molecule has 1 aromatic heterocycles. The Kier molecular flexibility index (Phi) is 10.2. The largest absolute Gasteiger partial charge is 0.355 e. The van der Waals surface area contributed by atoms with Crippen LogP contribution < -0.4 is 10.0 Å². The van der Waals surface area contributed by atoms with Gasteiger partial charge in [-0.05, 0) is 29.8 Å². The van der Waals surface area contributed by atoms with Crippen molar-refractivity contribution in [1.82, 2.24) is 19.9 Å². The number of aliphatic imine (C=N–C) groups is 1. The lowest BCUT2D eigenvalue weighted by atomic mass is 10.2. The van der Waals surface area contributed by atoms with Crippen LogP contribution in [0.1, 0.15) is 5.56 Å². The van der Waals surface area contributed by atoms with Crippen LogP contribution in [0.4, 0.5) is 0 Å². The normalized spacial score (nSPS) is 11.6. The van der Waals surface area contributed by atoms with Crippen LogP contribution in [0, 0.1) is 0 Å². The number of hydrogen-bond donors (Lipinski definition) is 2. The van der Waals surface area contributed by atoms with E-state index in [0.29, 0.717) is 19.0 Å². The Labute approximate surface area is 185 Å². The molecule has 27 heavy (non-hydrogen) atoms. The lowest BCUT2D eigenvalue weighted by molar-refractivity contribution is 0.477. The zero-order valence-corrected chi connectivity index (χ0v) is 19.8. The maximum absolute atomic E-state index is 12.1. The molecule has 0 amide bonds.